The minimum Gasteiger partial charge on any atom is -0.449 e. The maximum Gasteiger partial charge on any atom is 0.407 e. The fourth-order valence-electron chi connectivity index (χ4n) is 10.8. The second-order valence-electron chi connectivity index (χ2n) is 20.2. The Hall–Kier alpha value is -4.45. The first kappa shape index (κ1) is 47.1. The average molecular weight is 916 g/mol. The smallest absolute Gasteiger partial charge is 0.407 e. The predicted molar refractivity (Wildman–Crippen MR) is 241 cm³/mol. The molecule has 1 aromatic heterocycles. The van der Waals surface area contributed by atoms with Crippen LogP contribution in [0.1, 0.15) is 102 Å². The molecule has 2 aromatic carbocycles. The number of ether oxygens (including phenoxy) is 3. The summed E-state index contributed by atoms with van der Waals surface area (Å²) < 4.78 is 18.7. The van der Waals surface area contributed by atoms with Gasteiger partial charge in [0.15, 0.2) is 11.9 Å². The van der Waals surface area contributed by atoms with E-state index in [4.69, 9.17) is 24.0 Å². The Morgan fingerprint density at radius 2 is 1.65 bits per heavy atom. The second kappa shape index (κ2) is 19.0. The van der Waals surface area contributed by atoms with E-state index in [-0.39, 0.29) is 74.8 Å². The Kier molecular flexibility index (Phi) is 13.8. The molecule has 1 saturated carbocycles. The molecule has 65 heavy (non-hydrogen) atoms. The number of aryl methyl sites for hydroxylation is 1. The second-order valence-corrected chi connectivity index (χ2v) is 21.0. The first-order valence-electron chi connectivity index (χ1n) is 23.2. The van der Waals surface area contributed by atoms with Crippen molar-refractivity contribution in [3.63, 3.8) is 0 Å². The van der Waals surface area contributed by atoms with Gasteiger partial charge in [-0.15, -0.1) is 11.3 Å². The van der Waals surface area contributed by atoms with Crippen LogP contribution in [0.4, 0.5) is 4.79 Å². The van der Waals surface area contributed by atoms with Crippen LogP contribution in [0.2, 0.25) is 0 Å². The maximum absolute atomic E-state index is 14.1. The number of aromatic nitrogens is 1. The first-order valence-corrected chi connectivity index (χ1v) is 24.1. The fraction of sp³-hybridized carbons (Fsp3) is 0.612. The molecule has 4 amide bonds. The van der Waals surface area contributed by atoms with Crippen LogP contribution in [0.5, 0.6) is 0 Å². The number of rotatable bonds is 13. The van der Waals surface area contributed by atoms with Crippen molar-refractivity contribution >= 4 is 35.2 Å². The van der Waals surface area contributed by atoms with Gasteiger partial charge in [0, 0.05) is 44.8 Å². The number of β-amino-alcohol motifs (C(OH)–C–C–N with tert-alkyl or cyclic N) is 1. The molecule has 3 aromatic rings. The highest BCUT2D eigenvalue weighted by molar-refractivity contribution is 7.13. The number of fused-ring (bicyclic) bond motifs is 2. The molecule has 15 nitrogen and oxygen atoms in total. The normalized spacial score (nSPS) is 31.0. The van der Waals surface area contributed by atoms with E-state index in [1.54, 1.807) is 11.3 Å². The van der Waals surface area contributed by atoms with Gasteiger partial charge >= 0.3 is 6.09 Å². The van der Waals surface area contributed by atoms with E-state index >= 15 is 0 Å². The van der Waals surface area contributed by atoms with Gasteiger partial charge < -0.3 is 40.2 Å². The van der Waals surface area contributed by atoms with Crippen LogP contribution in [-0.2, 0) is 57.9 Å². The highest BCUT2D eigenvalue weighted by atomic mass is 32.1. The van der Waals surface area contributed by atoms with Crippen LogP contribution in [-0.4, -0.2) is 93.9 Å². The van der Waals surface area contributed by atoms with E-state index in [2.05, 4.69) is 34.8 Å². The van der Waals surface area contributed by atoms with Crippen LogP contribution in [0, 0.1) is 36.0 Å². The summed E-state index contributed by atoms with van der Waals surface area (Å²) in [5.41, 5.74) is 4.94. The molecule has 1 aliphatic carbocycles. The highest BCUT2D eigenvalue weighted by Crippen LogP contribution is 2.60. The Labute approximate surface area is 385 Å². The molecule has 352 valence electrons. The standard InChI is InChI=1S/C49H65N5O10S/c1-28-8-17-37-29(2)39(61-45-49(37)36(28)18-20-48(7,62-45)63-64-49)19-21-60-46(59)51-25-32-11-9-31(10-12-32)22-40(56)53-42(47(4,5)6)44(58)54-26-35(55)23-38(54)43(57)50-24-33-13-15-34(16-14-33)41-30(3)52-27-65-41/h9-16,27-29,35-39,42,45,55H,8,17-26H2,1-7H3,(H,50,57)(H,51,59)(H,53,56). The number of hydrogen-bond acceptors (Lipinski definition) is 12. The number of aliphatic hydroxyl groups is 1. The number of benzene rings is 2. The number of carbonyl (C=O) groups excluding carboxylic acids is 4. The van der Waals surface area contributed by atoms with Crippen molar-refractivity contribution in [2.24, 2.45) is 29.1 Å². The zero-order chi connectivity index (χ0) is 46.3. The lowest BCUT2D eigenvalue weighted by Crippen LogP contribution is -2.70. The molecule has 1 spiro atoms. The number of nitrogens with one attached hydrogen (secondary N) is 3. The number of likely N-dealkylation sites (tertiary alicyclic amines) is 1. The molecule has 11 unspecified atom stereocenters. The van der Waals surface area contributed by atoms with Crippen LogP contribution in [0.3, 0.4) is 0 Å². The van der Waals surface area contributed by atoms with Crippen LogP contribution < -0.4 is 16.0 Å². The third-order valence-electron chi connectivity index (χ3n) is 14.5. The van der Waals surface area contributed by atoms with Crippen molar-refractivity contribution in [3.8, 4) is 10.4 Å². The van der Waals surface area contributed by atoms with Crippen LogP contribution in [0.25, 0.3) is 10.4 Å². The van der Waals surface area contributed by atoms with E-state index in [1.165, 1.54) is 4.90 Å². The molecular weight excluding hydrogens is 851 g/mol. The Bertz CT molecular complexity index is 2200. The molecule has 9 rings (SSSR count). The van der Waals surface area contributed by atoms with Gasteiger partial charge in [-0.1, -0.05) is 83.1 Å². The van der Waals surface area contributed by atoms with Crippen molar-refractivity contribution in [2.45, 2.75) is 148 Å². The Balaban J connectivity index is 0.789. The summed E-state index contributed by atoms with van der Waals surface area (Å²) in [5, 5.41) is 19.3. The summed E-state index contributed by atoms with van der Waals surface area (Å²) in [4.78, 5) is 72.8. The number of carbonyl (C=O) groups is 4. The number of thiazole rings is 1. The third-order valence-corrected chi connectivity index (χ3v) is 15.4. The predicted octanol–water partition coefficient (Wildman–Crippen LogP) is 6.34. The van der Waals surface area contributed by atoms with Crippen molar-refractivity contribution in [1.29, 1.82) is 0 Å². The summed E-state index contributed by atoms with van der Waals surface area (Å²) >= 11 is 1.57. The highest BCUT2D eigenvalue weighted by Gasteiger charge is 2.69. The number of nitrogens with zero attached hydrogens (tertiary/aromatic N) is 2. The Morgan fingerprint density at radius 1 is 0.954 bits per heavy atom. The van der Waals surface area contributed by atoms with Crippen molar-refractivity contribution in [3.05, 3.63) is 76.4 Å². The quantitative estimate of drug-likeness (QED) is 0.140. The summed E-state index contributed by atoms with van der Waals surface area (Å²) in [6, 6.07) is 13.3. The van der Waals surface area contributed by atoms with Gasteiger partial charge in [0.1, 0.15) is 12.1 Å². The van der Waals surface area contributed by atoms with Gasteiger partial charge in [0.2, 0.25) is 23.5 Å². The first-order chi connectivity index (χ1) is 30.9. The van der Waals surface area contributed by atoms with Gasteiger partial charge in [-0.05, 0) is 78.5 Å². The number of amides is 4. The number of aliphatic hydroxyl groups excluding tert-OH is 1. The van der Waals surface area contributed by atoms with Crippen LogP contribution in [0.15, 0.2) is 54.0 Å². The largest absolute Gasteiger partial charge is 0.449 e. The summed E-state index contributed by atoms with van der Waals surface area (Å²) in [7, 11) is 0. The van der Waals surface area contributed by atoms with Crippen LogP contribution >= 0.6 is 11.3 Å². The molecule has 16 heteroatoms. The van der Waals surface area contributed by atoms with E-state index in [0.717, 1.165) is 58.5 Å². The maximum atomic E-state index is 14.1. The third kappa shape index (κ3) is 9.98. The minimum absolute atomic E-state index is 0.0110. The zero-order valence-electron chi connectivity index (χ0n) is 38.6. The summed E-state index contributed by atoms with van der Waals surface area (Å²) in [6.07, 6.45) is 2.36. The molecular formula is C49H65N5O10S. The van der Waals surface area contributed by atoms with E-state index in [9.17, 15) is 24.3 Å². The molecule has 5 aliphatic heterocycles. The topological polar surface area (TPSA) is 187 Å². The zero-order valence-corrected chi connectivity index (χ0v) is 39.4. The Morgan fingerprint density at radius 3 is 2.34 bits per heavy atom. The molecule has 11 atom stereocenters. The van der Waals surface area contributed by atoms with Crippen molar-refractivity contribution < 1.29 is 48.3 Å². The number of hydrogen-bond donors (Lipinski definition) is 4. The van der Waals surface area contributed by atoms with E-state index in [1.807, 2.05) is 88.7 Å². The molecule has 6 fully saturated rings. The lowest BCUT2D eigenvalue weighted by molar-refractivity contribution is -0.571. The minimum atomic E-state index is -0.951. The lowest BCUT2D eigenvalue weighted by Gasteiger charge is -2.60. The van der Waals surface area contributed by atoms with Gasteiger partial charge in [-0.25, -0.2) is 19.6 Å². The molecule has 6 aliphatic rings. The monoisotopic (exact) mass is 915 g/mol. The van der Waals surface area contributed by atoms with Gasteiger partial charge in [-0.2, -0.15) is 0 Å². The SMILES string of the molecule is Cc1ncsc1-c1ccc(CNC(=O)C2CC(O)CN2C(=O)C(NC(=O)Cc2ccc(CNC(=O)OCCC3OC4OC5(C)CCC6C(C)CCC(C3C)C46OO5)cc2)C(C)(C)C)cc1. The average Bonchev–Trinajstić information content (AvgIpc) is 3.81. The van der Waals surface area contributed by atoms with Gasteiger partial charge in [0.25, 0.3) is 0 Å². The van der Waals surface area contributed by atoms with Gasteiger partial charge in [-0.3, -0.25) is 14.4 Å². The van der Waals surface area contributed by atoms with Crippen molar-refractivity contribution in [1.82, 2.24) is 25.8 Å². The summed E-state index contributed by atoms with van der Waals surface area (Å²) in [6.45, 7) is 14.6. The molecule has 0 radical (unpaired) electrons. The van der Waals surface area contributed by atoms with E-state index in [0.29, 0.717) is 12.3 Å². The van der Waals surface area contributed by atoms with Crippen molar-refractivity contribution in [2.75, 3.05) is 13.2 Å². The molecule has 2 bridgehead atoms. The molecule has 6 heterocycles. The van der Waals surface area contributed by atoms with E-state index < -0.39 is 53.3 Å². The number of alkyl carbamates (subject to hydrolysis) is 1. The molecule has 4 N–H and O–H groups in total. The summed E-state index contributed by atoms with van der Waals surface area (Å²) in [5.74, 6) is -0.855. The molecule has 5 saturated heterocycles. The van der Waals surface area contributed by atoms with Gasteiger partial charge in [0.05, 0.1) is 41.3 Å². The fourth-order valence-corrected chi connectivity index (χ4v) is 11.6. The lowest BCUT2D eigenvalue weighted by atomic mass is 9.57.